The first-order chi connectivity index (χ1) is 8.54. The lowest BCUT2D eigenvalue weighted by Crippen LogP contribution is -2.39. The molecule has 0 N–H and O–H groups in total. The molecule has 0 aromatic heterocycles. The van der Waals surface area contributed by atoms with Crippen molar-refractivity contribution in [1.82, 2.24) is 0 Å². The van der Waals surface area contributed by atoms with Crippen molar-refractivity contribution in [2.24, 2.45) is 11.8 Å². The van der Waals surface area contributed by atoms with Crippen LogP contribution < -0.4 is 0 Å². The van der Waals surface area contributed by atoms with Gasteiger partial charge in [-0.15, -0.1) is 0 Å². The fourth-order valence-electron chi connectivity index (χ4n) is 2.41. The third-order valence-electron chi connectivity index (χ3n) is 3.47. The lowest BCUT2D eigenvalue weighted by Gasteiger charge is -2.36. The molecule has 0 atom stereocenters. The van der Waals surface area contributed by atoms with Crippen LogP contribution in [0, 0.1) is 11.8 Å². The smallest absolute Gasteiger partial charge is 0.168 e. The molecule has 1 aliphatic rings. The highest BCUT2D eigenvalue weighted by atomic mass is 16.7. The molecule has 1 fully saturated rings. The third kappa shape index (κ3) is 6.19. The van der Waals surface area contributed by atoms with Crippen LogP contribution in [0.25, 0.3) is 0 Å². The largest absolute Gasteiger partial charge is 0.350 e. The van der Waals surface area contributed by atoms with Gasteiger partial charge in [0.15, 0.2) is 5.79 Å². The van der Waals surface area contributed by atoms with Crippen molar-refractivity contribution in [3.8, 4) is 0 Å². The number of hydrogen-bond acceptors (Lipinski definition) is 2. The van der Waals surface area contributed by atoms with Crippen molar-refractivity contribution in [2.45, 2.75) is 78.4 Å². The van der Waals surface area contributed by atoms with E-state index in [1.54, 1.807) is 0 Å². The second-order valence-corrected chi connectivity index (χ2v) is 6.59. The molecule has 0 aromatic rings. The van der Waals surface area contributed by atoms with Crippen LogP contribution in [-0.4, -0.2) is 19.0 Å². The SMILES string of the molecule is CC(C)COC1(OCC(C)C)CCCCCCC1. The molecule has 2 nitrogen and oxygen atoms in total. The summed E-state index contributed by atoms with van der Waals surface area (Å²) in [5.41, 5.74) is 0. The minimum atomic E-state index is -0.283. The van der Waals surface area contributed by atoms with Crippen molar-refractivity contribution < 1.29 is 9.47 Å². The Morgan fingerprint density at radius 1 is 0.722 bits per heavy atom. The third-order valence-corrected chi connectivity index (χ3v) is 3.47. The van der Waals surface area contributed by atoms with Crippen LogP contribution in [0.3, 0.4) is 0 Å². The van der Waals surface area contributed by atoms with Gasteiger partial charge in [-0.25, -0.2) is 0 Å². The van der Waals surface area contributed by atoms with Gasteiger partial charge in [-0.2, -0.15) is 0 Å². The maximum absolute atomic E-state index is 6.20. The zero-order valence-corrected chi connectivity index (χ0v) is 12.8. The topological polar surface area (TPSA) is 18.5 Å². The number of ether oxygens (including phenoxy) is 2. The van der Waals surface area contributed by atoms with E-state index in [1.165, 1.54) is 32.1 Å². The highest BCUT2D eigenvalue weighted by molar-refractivity contribution is 4.74. The zero-order chi connectivity index (χ0) is 13.4. The summed E-state index contributed by atoms with van der Waals surface area (Å²) in [6.45, 7) is 10.5. The summed E-state index contributed by atoms with van der Waals surface area (Å²) in [5.74, 6) is 0.875. The molecule has 0 aliphatic heterocycles. The molecule has 18 heavy (non-hydrogen) atoms. The van der Waals surface area contributed by atoms with Crippen LogP contribution in [0.2, 0.25) is 0 Å². The summed E-state index contributed by atoms with van der Waals surface area (Å²) in [4.78, 5) is 0. The standard InChI is InChI=1S/C16H32O2/c1-14(2)12-17-16(18-13-15(3)4)10-8-6-5-7-9-11-16/h14-15H,5-13H2,1-4H3. The van der Waals surface area contributed by atoms with Crippen LogP contribution in [-0.2, 0) is 9.47 Å². The molecule has 0 heterocycles. The maximum Gasteiger partial charge on any atom is 0.168 e. The van der Waals surface area contributed by atoms with E-state index in [1.807, 2.05) is 0 Å². The van der Waals surface area contributed by atoms with Gasteiger partial charge >= 0.3 is 0 Å². The van der Waals surface area contributed by atoms with Crippen molar-refractivity contribution in [1.29, 1.82) is 0 Å². The zero-order valence-electron chi connectivity index (χ0n) is 12.8. The molecule has 1 aliphatic carbocycles. The monoisotopic (exact) mass is 256 g/mol. The molecule has 0 spiro atoms. The fraction of sp³-hybridized carbons (Fsp3) is 1.00. The highest BCUT2D eigenvalue weighted by Crippen LogP contribution is 2.32. The molecule has 2 heteroatoms. The van der Waals surface area contributed by atoms with Gasteiger partial charge in [0.05, 0.1) is 13.2 Å². The Labute approximate surface area is 113 Å². The summed E-state index contributed by atoms with van der Waals surface area (Å²) >= 11 is 0. The normalized spacial score (nSPS) is 21.0. The van der Waals surface area contributed by atoms with Gasteiger partial charge in [-0.1, -0.05) is 47.0 Å². The Morgan fingerprint density at radius 3 is 1.50 bits per heavy atom. The molecule has 0 aromatic carbocycles. The molecule has 1 saturated carbocycles. The minimum Gasteiger partial charge on any atom is -0.350 e. The van der Waals surface area contributed by atoms with Gasteiger partial charge < -0.3 is 9.47 Å². The predicted molar refractivity (Wildman–Crippen MR) is 76.6 cm³/mol. The quantitative estimate of drug-likeness (QED) is 0.637. The van der Waals surface area contributed by atoms with E-state index in [0.717, 1.165) is 26.1 Å². The second-order valence-electron chi connectivity index (χ2n) is 6.59. The van der Waals surface area contributed by atoms with Crippen LogP contribution in [0.4, 0.5) is 0 Å². The minimum absolute atomic E-state index is 0.283. The molecule has 0 radical (unpaired) electrons. The van der Waals surface area contributed by atoms with E-state index in [-0.39, 0.29) is 5.79 Å². The van der Waals surface area contributed by atoms with Crippen molar-refractivity contribution >= 4 is 0 Å². The summed E-state index contributed by atoms with van der Waals surface area (Å²) in [6, 6.07) is 0. The van der Waals surface area contributed by atoms with E-state index in [0.29, 0.717) is 11.8 Å². The number of hydrogen-bond donors (Lipinski definition) is 0. The number of rotatable bonds is 6. The van der Waals surface area contributed by atoms with Gasteiger partial charge in [0.2, 0.25) is 0 Å². The lowest BCUT2D eigenvalue weighted by molar-refractivity contribution is -0.255. The van der Waals surface area contributed by atoms with Gasteiger partial charge in [0, 0.05) is 12.8 Å². The molecule has 0 amide bonds. The van der Waals surface area contributed by atoms with Crippen molar-refractivity contribution in [3.05, 3.63) is 0 Å². The molecule has 0 saturated heterocycles. The molecule has 1 rings (SSSR count). The Bertz CT molecular complexity index is 189. The first kappa shape index (κ1) is 16.0. The summed E-state index contributed by atoms with van der Waals surface area (Å²) in [7, 11) is 0. The predicted octanol–water partition coefficient (Wildman–Crippen LogP) is 4.77. The van der Waals surface area contributed by atoms with Crippen molar-refractivity contribution in [3.63, 3.8) is 0 Å². The van der Waals surface area contributed by atoms with Gasteiger partial charge in [-0.05, 0) is 24.7 Å². The van der Waals surface area contributed by atoms with Crippen LogP contribution >= 0.6 is 0 Å². The lowest BCUT2D eigenvalue weighted by atomic mass is 9.95. The Morgan fingerprint density at radius 2 is 1.11 bits per heavy atom. The van der Waals surface area contributed by atoms with E-state index < -0.39 is 0 Å². The maximum atomic E-state index is 6.20. The molecule has 0 unspecified atom stereocenters. The summed E-state index contributed by atoms with van der Waals surface area (Å²) in [6.07, 6.45) is 8.69. The molecular formula is C16H32O2. The molecule has 0 bridgehead atoms. The van der Waals surface area contributed by atoms with E-state index in [2.05, 4.69) is 27.7 Å². The highest BCUT2D eigenvalue weighted by Gasteiger charge is 2.32. The summed E-state index contributed by atoms with van der Waals surface area (Å²) in [5, 5.41) is 0. The molecule has 108 valence electrons. The van der Waals surface area contributed by atoms with Gasteiger partial charge in [0.25, 0.3) is 0 Å². The Kier molecular flexibility index (Phi) is 7.25. The summed E-state index contributed by atoms with van der Waals surface area (Å²) < 4.78 is 12.4. The van der Waals surface area contributed by atoms with Crippen LogP contribution in [0.1, 0.15) is 72.6 Å². The Hall–Kier alpha value is -0.0800. The fourth-order valence-corrected chi connectivity index (χ4v) is 2.41. The first-order valence-corrected chi connectivity index (χ1v) is 7.82. The van der Waals surface area contributed by atoms with Gasteiger partial charge in [-0.3, -0.25) is 0 Å². The average Bonchev–Trinajstić information content (AvgIpc) is 2.27. The molecular weight excluding hydrogens is 224 g/mol. The van der Waals surface area contributed by atoms with E-state index in [4.69, 9.17) is 9.47 Å². The second kappa shape index (κ2) is 8.16. The van der Waals surface area contributed by atoms with Crippen LogP contribution in [0.5, 0.6) is 0 Å². The van der Waals surface area contributed by atoms with E-state index in [9.17, 15) is 0 Å². The first-order valence-electron chi connectivity index (χ1n) is 7.82. The van der Waals surface area contributed by atoms with Gasteiger partial charge in [0.1, 0.15) is 0 Å². The van der Waals surface area contributed by atoms with E-state index >= 15 is 0 Å². The van der Waals surface area contributed by atoms with Crippen LogP contribution in [0.15, 0.2) is 0 Å². The Balaban J connectivity index is 2.57. The average molecular weight is 256 g/mol. The van der Waals surface area contributed by atoms with Crippen molar-refractivity contribution in [2.75, 3.05) is 13.2 Å².